The molecule has 1 atom stereocenters. The first-order valence-corrected chi connectivity index (χ1v) is 6.41. The molecule has 100 valence electrons. The Morgan fingerprint density at radius 3 is 2.72 bits per heavy atom. The number of nitrogens with one attached hydrogen (secondary N) is 1. The van der Waals surface area contributed by atoms with E-state index >= 15 is 0 Å². The van der Waals surface area contributed by atoms with Gasteiger partial charge in [0.15, 0.2) is 0 Å². The summed E-state index contributed by atoms with van der Waals surface area (Å²) in [4.78, 5) is 0. The summed E-state index contributed by atoms with van der Waals surface area (Å²) in [5.74, 6) is 0.375. The first kappa shape index (κ1) is 13.7. The predicted molar refractivity (Wildman–Crippen MR) is 65.8 cm³/mol. The molecule has 1 aromatic carbocycles. The van der Waals surface area contributed by atoms with Crippen LogP contribution in [-0.4, -0.2) is 13.1 Å². The van der Waals surface area contributed by atoms with Crippen molar-refractivity contribution in [1.29, 1.82) is 0 Å². The summed E-state index contributed by atoms with van der Waals surface area (Å²) in [7, 11) is 0. The van der Waals surface area contributed by atoms with Crippen molar-refractivity contribution in [3.8, 4) is 0 Å². The molecule has 18 heavy (non-hydrogen) atoms. The van der Waals surface area contributed by atoms with Crippen LogP contribution in [0.15, 0.2) is 18.2 Å². The minimum atomic E-state index is -4.30. The molecule has 1 aromatic rings. The zero-order valence-corrected chi connectivity index (χ0v) is 10.6. The summed E-state index contributed by atoms with van der Waals surface area (Å²) >= 11 is 5.98. The molecule has 2 rings (SSSR count). The summed E-state index contributed by atoms with van der Waals surface area (Å²) in [5, 5.41) is 3.68. The molecule has 0 radical (unpaired) electrons. The van der Waals surface area contributed by atoms with Gasteiger partial charge in [-0.2, -0.15) is 13.2 Å². The lowest BCUT2D eigenvalue weighted by molar-refractivity contribution is -0.137. The van der Waals surface area contributed by atoms with Crippen molar-refractivity contribution in [2.24, 2.45) is 5.92 Å². The lowest BCUT2D eigenvalue weighted by Gasteiger charge is -2.23. The molecule has 1 heterocycles. The van der Waals surface area contributed by atoms with Crippen LogP contribution < -0.4 is 5.32 Å². The van der Waals surface area contributed by atoms with E-state index in [4.69, 9.17) is 11.6 Å². The third-order valence-corrected chi connectivity index (χ3v) is 3.65. The molecule has 1 saturated heterocycles. The SMILES string of the molecule is FC(F)(F)c1ccc(Cl)c(CC2CCCNC2)c1. The quantitative estimate of drug-likeness (QED) is 0.864. The van der Waals surface area contributed by atoms with Gasteiger partial charge in [-0.15, -0.1) is 0 Å². The summed E-state index contributed by atoms with van der Waals surface area (Å²) in [5.41, 5.74) is -0.0224. The summed E-state index contributed by atoms with van der Waals surface area (Å²) in [6.07, 6.45) is -1.58. The van der Waals surface area contributed by atoms with Gasteiger partial charge in [0.1, 0.15) is 0 Å². The standard InChI is InChI=1S/C13H15ClF3N/c14-12-4-3-11(13(15,16)17)7-10(12)6-9-2-1-5-18-8-9/h3-4,7,9,18H,1-2,5-6,8H2. The van der Waals surface area contributed by atoms with Crippen molar-refractivity contribution >= 4 is 11.6 Å². The van der Waals surface area contributed by atoms with E-state index < -0.39 is 11.7 Å². The predicted octanol–water partition coefficient (Wildman–Crippen LogP) is 3.90. The van der Waals surface area contributed by atoms with Crippen molar-refractivity contribution in [1.82, 2.24) is 5.32 Å². The normalized spacial score (nSPS) is 21.0. The molecule has 5 heteroatoms. The minimum absolute atomic E-state index is 0.375. The Kier molecular flexibility index (Phi) is 4.17. The van der Waals surface area contributed by atoms with Gasteiger partial charge in [0.25, 0.3) is 0 Å². The average Bonchev–Trinajstić information content (AvgIpc) is 2.32. The van der Waals surface area contributed by atoms with Gasteiger partial charge in [0.05, 0.1) is 5.56 Å². The highest BCUT2D eigenvalue weighted by molar-refractivity contribution is 6.31. The molecule has 1 unspecified atom stereocenters. The molecular weight excluding hydrogens is 263 g/mol. The van der Waals surface area contributed by atoms with E-state index in [0.717, 1.165) is 32.0 Å². The monoisotopic (exact) mass is 277 g/mol. The van der Waals surface area contributed by atoms with Crippen LogP contribution in [0.5, 0.6) is 0 Å². The van der Waals surface area contributed by atoms with Crippen LogP contribution in [0.4, 0.5) is 13.2 Å². The van der Waals surface area contributed by atoms with Gasteiger partial charge in [0.2, 0.25) is 0 Å². The molecule has 1 aliphatic rings. The Morgan fingerprint density at radius 1 is 1.33 bits per heavy atom. The zero-order chi connectivity index (χ0) is 13.2. The van der Waals surface area contributed by atoms with Crippen LogP contribution >= 0.6 is 11.6 Å². The molecule has 0 bridgehead atoms. The Hall–Kier alpha value is -0.740. The topological polar surface area (TPSA) is 12.0 Å². The second-order valence-corrected chi connectivity index (χ2v) is 5.13. The molecule has 0 aromatic heterocycles. The number of hydrogen-bond donors (Lipinski definition) is 1. The van der Waals surface area contributed by atoms with Gasteiger partial charge in [-0.25, -0.2) is 0 Å². The second kappa shape index (κ2) is 5.49. The number of alkyl halides is 3. The number of halogens is 4. The number of benzene rings is 1. The van der Waals surface area contributed by atoms with E-state index in [1.165, 1.54) is 12.1 Å². The zero-order valence-electron chi connectivity index (χ0n) is 9.86. The van der Waals surface area contributed by atoms with E-state index in [1.807, 2.05) is 0 Å². The number of hydrogen-bond acceptors (Lipinski definition) is 1. The molecule has 0 spiro atoms. The number of rotatable bonds is 2. The Morgan fingerprint density at radius 2 is 2.11 bits per heavy atom. The maximum atomic E-state index is 12.6. The first-order valence-electron chi connectivity index (χ1n) is 6.03. The maximum Gasteiger partial charge on any atom is 0.416 e. The molecular formula is C13H15ClF3N. The summed E-state index contributed by atoms with van der Waals surface area (Å²) in [6.45, 7) is 1.85. The molecule has 0 aliphatic carbocycles. The van der Waals surface area contributed by atoms with Crippen LogP contribution in [0.2, 0.25) is 5.02 Å². The van der Waals surface area contributed by atoms with Crippen LogP contribution in [0, 0.1) is 5.92 Å². The van der Waals surface area contributed by atoms with Gasteiger partial charge in [-0.1, -0.05) is 11.6 Å². The van der Waals surface area contributed by atoms with Crippen molar-refractivity contribution < 1.29 is 13.2 Å². The maximum absolute atomic E-state index is 12.6. The molecule has 1 fully saturated rings. The van der Waals surface area contributed by atoms with Gasteiger partial charge in [-0.05, 0) is 62.0 Å². The Bertz CT molecular complexity index is 411. The lowest BCUT2D eigenvalue weighted by Crippen LogP contribution is -2.30. The molecule has 0 saturated carbocycles. The van der Waals surface area contributed by atoms with Crippen molar-refractivity contribution in [3.63, 3.8) is 0 Å². The van der Waals surface area contributed by atoms with Gasteiger partial charge in [0, 0.05) is 5.02 Å². The van der Waals surface area contributed by atoms with E-state index in [1.54, 1.807) is 0 Å². The van der Waals surface area contributed by atoms with Gasteiger partial charge in [-0.3, -0.25) is 0 Å². The van der Waals surface area contributed by atoms with Crippen molar-refractivity contribution in [3.05, 3.63) is 34.3 Å². The fraction of sp³-hybridized carbons (Fsp3) is 0.538. The van der Waals surface area contributed by atoms with E-state index in [2.05, 4.69) is 5.32 Å². The number of piperidine rings is 1. The highest BCUT2D eigenvalue weighted by Crippen LogP contribution is 2.33. The van der Waals surface area contributed by atoms with Crippen molar-refractivity contribution in [2.75, 3.05) is 13.1 Å². The highest BCUT2D eigenvalue weighted by Gasteiger charge is 2.31. The minimum Gasteiger partial charge on any atom is -0.316 e. The fourth-order valence-electron chi connectivity index (χ4n) is 2.32. The molecule has 0 amide bonds. The van der Waals surface area contributed by atoms with Crippen molar-refractivity contribution in [2.45, 2.75) is 25.4 Å². The van der Waals surface area contributed by atoms with Crippen LogP contribution in [-0.2, 0) is 12.6 Å². The third-order valence-electron chi connectivity index (χ3n) is 3.28. The largest absolute Gasteiger partial charge is 0.416 e. The summed E-state index contributed by atoms with van der Waals surface area (Å²) in [6, 6.07) is 3.55. The molecule has 1 nitrogen and oxygen atoms in total. The first-order chi connectivity index (χ1) is 8.47. The van der Waals surface area contributed by atoms with Crippen LogP contribution in [0.1, 0.15) is 24.0 Å². The van der Waals surface area contributed by atoms with Gasteiger partial charge < -0.3 is 5.32 Å². The van der Waals surface area contributed by atoms with E-state index in [9.17, 15) is 13.2 Å². The smallest absolute Gasteiger partial charge is 0.316 e. The lowest BCUT2D eigenvalue weighted by atomic mass is 9.91. The highest BCUT2D eigenvalue weighted by atomic mass is 35.5. The fourth-order valence-corrected chi connectivity index (χ4v) is 2.51. The van der Waals surface area contributed by atoms with E-state index in [-0.39, 0.29) is 0 Å². The van der Waals surface area contributed by atoms with E-state index in [0.29, 0.717) is 22.9 Å². The molecule has 1 N–H and O–H groups in total. The Labute approximate surface area is 109 Å². The van der Waals surface area contributed by atoms with Crippen LogP contribution in [0.3, 0.4) is 0 Å². The molecule has 1 aliphatic heterocycles. The summed E-state index contributed by atoms with van der Waals surface area (Å²) < 4.78 is 37.9. The average molecular weight is 278 g/mol. The second-order valence-electron chi connectivity index (χ2n) is 4.72. The van der Waals surface area contributed by atoms with Gasteiger partial charge >= 0.3 is 6.18 Å². The van der Waals surface area contributed by atoms with Crippen LogP contribution in [0.25, 0.3) is 0 Å². The third kappa shape index (κ3) is 3.39. The Balaban J connectivity index is 2.15.